The number of aryl methyl sites for hydroxylation is 1. The Morgan fingerprint density at radius 1 is 1.09 bits per heavy atom. The maximum Gasteiger partial charge on any atom is 0.268 e. The Morgan fingerprint density at radius 2 is 1.85 bits per heavy atom. The van der Waals surface area contributed by atoms with E-state index in [0.29, 0.717) is 24.4 Å². The SMILES string of the molecule is CCCCN(CCCNC(=O)CN1C(=O)C(CC)Oc2ccc(C)cc21)Cc1ccccc1. The summed E-state index contributed by atoms with van der Waals surface area (Å²) < 4.78 is 5.84. The molecule has 33 heavy (non-hydrogen) atoms. The molecule has 6 heteroatoms. The lowest BCUT2D eigenvalue weighted by Crippen LogP contribution is -2.49. The van der Waals surface area contributed by atoms with Crippen LogP contribution in [-0.2, 0) is 16.1 Å². The Kier molecular flexibility index (Phi) is 9.31. The Labute approximate surface area is 197 Å². The van der Waals surface area contributed by atoms with Gasteiger partial charge in [0.25, 0.3) is 5.91 Å². The van der Waals surface area contributed by atoms with E-state index in [2.05, 4.69) is 41.4 Å². The maximum atomic E-state index is 12.9. The molecule has 0 aromatic heterocycles. The number of ether oxygens (including phenoxy) is 1. The molecule has 2 amide bonds. The molecule has 1 heterocycles. The number of fused-ring (bicyclic) bond motifs is 1. The number of carbonyl (C=O) groups is 2. The highest BCUT2D eigenvalue weighted by Crippen LogP contribution is 2.35. The van der Waals surface area contributed by atoms with E-state index in [1.165, 1.54) is 5.56 Å². The summed E-state index contributed by atoms with van der Waals surface area (Å²) in [4.78, 5) is 29.6. The van der Waals surface area contributed by atoms with Crippen LogP contribution in [0.15, 0.2) is 48.5 Å². The topological polar surface area (TPSA) is 61.9 Å². The molecule has 1 unspecified atom stereocenters. The van der Waals surface area contributed by atoms with E-state index in [0.717, 1.165) is 44.5 Å². The van der Waals surface area contributed by atoms with Crippen molar-refractivity contribution >= 4 is 17.5 Å². The van der Waals surface area contributed by atoms with Crippen molar-refractivity contribution in [2.45, 2.75) is 59.1 Å². The second kappa shape index (κ2) is 12.4. The average molecular weight is 452 g/mol. The first-order chi connectivity index (χ1) is 16.0. The van der Waals surface area contributed by atoms with Gasteiger partial charge in [0.2, 0.25) is 5.91 Å². The molecule has 0 bridgehead atoms. The third-order valence-electron chi connectivity index (χ3n) is 5.94. The third kappa shape index (κ3) is 7.06. The van der Waals surface area contributed by atoms with Crippen molar-refractivity contribution in [1.29, 1.82) is 0 Å². The number of amides is 2. The lowest BCUT2D eigenvalue weighted by Gasteiger charge is -2.34. The molecule has 0 fully saturated rings. The molecular formula is C27H37N3O3. The summed E-state index contributed by atoms with van der Waals surface area (Å²) >= 11 is 0. The van der Waals surface area contributed by atoms with E-state index < -0.39 is 6.10 Å². The standard InChI is InChI=1S/C27H37N3O3/c1-4-6-16-29(19-22-11-8-7-9-12-22)17-10-15-28-26(31)20-30-23-18-21(3)13-14-25(23)33-24(5-2)27(30)32/h7-9,11-14,18,24H,4-6,10,15-17,19-20H2,1-3H3,(H,28,31). The Bertz CT molecular complexity index is 916. The van der Waals surface area contributed by atoms with Crippen LogP contribution in [0, 0.1) is 6.92 Å². The molecular weight excluding hydrogens is 414 g/mol. The number of rotatable bonds is 12. The van der Waals surface area contributed by atoms with Crippen molar-refractivity contribution in [2.75, 3.05) is 31.1 Å². The predicted molar refractivity (Wildman–Crippen MR) is 132 cm³/mol. The van der Waals surface area contributed by atoms with Gasteiger partial charge in [0.05, 0.1) is 5.69 Å². The molecule has 0 saturated heterocycles. The summed E-state index contributed by atoms with van der Waals surface area (Å²) in [6.07, 6.45) is 3.22. The lowest BCUT2D eigenvalue weighted by atomic mass is 10.1. The summed E-state index contributed by atoms with van der Waals surface area (Å²) in [6, 6.07) is 16.2. The van der Waals surface area contributed by atoms with Gasteiger partial charge in [-0.1, -0.05) is 56.7 Å². The van der Waals surface area contributed by atoms with Gasteiger partial charge >= 0.3 is 0 Å². The molecule has 2 aromatic rings. The fraction of sp³-hybridized carbons (Fsp3) is 0.481. The molecule has 0 saturated carbocycles. The molecule has 0 radical (unpaired) electrons. The van der Waals surface area contributed by atoms with Crippen molar-refractivity contribution in [3.8, 4) is 5.75 Å². The average Bonchev–Trinajstić information content (AvgIpc) is 2.82. The number of benzene rings is 2. The fourth-order valence-electron chi connectivity index (χ4n) is 4.08. The van der Waals surface area contributed by atoms with Crippen LogP contribution in [-0.4, -0.2) is 49.0 Å². The van der Waals surface area contributed by atoms with Crippen LogP contribution < -0.4 is 15.0 Å². The second-order valence-corrected chi connectivity index (χ2v) is 8.73. The van der Waals surface area contributed by atoms with E-state index in [1.807, 2.05) is 38.1 Å². The van der Waals surface area contributed by atoms with Gasteiger partial charge in [-0.15, -0.1) is 0 Å². The van der Waals surface area contributed by atoms with Crippen LogP contribution in [0.25, 0.3) is 0 Å². The van der Waals surface area contributed by atoms with E-state index in [1.54, 1.807) is 4.90 Å². The number of carbonyl (C=O) groups excluding carboxylic acids is 2. The van der Waals surface area contributed by atoms with Gasteiger partial charge in [-0.25, -0.2) is 0 Å². The third-order valence-corrected chi connectivity index (χ3v) is 5.94. The summed E-state index contributed by atoms with van der Waals surface area (Å²) in [5.41, 5.74) is 3.01. The number of hydrogen-bond donors (Lipinski definition) is 1. The van der Waals surface area contributed by atoms with Crippen molar-refractivity contribution in [1.82, 2.24) is 10.2 Å². The zero-order valence-electron chi connectivity index (χ0n) is 20.2. The Morgan fingerprint density at radius 3 is 2.58 bits per heavy atom. The minimum atomic E-state index is -0.543. The van der Waals surface area contributed by atoms with Gasteiger partial charge in [0.15, 0.2) is 6.10 Å². The Hall–Kier alpha value is -2.86. The van der Waals surface area contributed by atoms with Gasteiger partial charge in [0.1, 0.15) is 12.3 Å². The van der Waals surface area contributed by atoms with Crippen molar-refractivity contribution in [3.05, 3.63) is 59.7 Å². The summed E-state index contributed by atoms with van der Waals surface area (Å²) in [5.74, 6) is 0.363. The highest BCUT2D eigenvalue weighted by Gasteiger charge is 2.34. The first-order valence-electron chi connectivity index (χ1n) is 12.1. The zero-order valence-corrected chi connectivity index (χ0v) is 20.2. The maximum absolute atomic E-state index is 12.9. The number of anilines is 1. The van der Waals surface area contributed by atoms with Crippen molar-refractivity contribution in [2.24, 2.45) is 0 Å². The lowest BCUT2D eigenvalue weighted by molar-refractivity contribution is -0.129. The number of nitrogens with one attached hydrogen (secondary N) is 1. The summed E-state index contributed by atoms with van der Waals surface area (Å²) in [5, 5.41) is 3.00. The van der Waals surface area contributed by atoms with Crippen LogP contribution in [0.4, 0.5) is 5.69 Å². The highest BCUT2D eigenvalue weighted by atomic mass is 16.5. The number of hydrogen-bond acceptors (Lipinski definition) is 4. The van der Waals surface area contributed by atoms with Crippen LogP contribution in [0.3, 0.4) is 0 Å². The van der Waals surface area contributed by atoms with Gasteiger partial charge in [-0.3, -0.25) is 19.4 Å². The molecule has 6 nitrogen and oxygen atoms in total. The number of nitrogens with zero attached hydrogens (tertiary/aromatic N) is 2. The van der Waals surface area contributed by atoms with Gasteiger partial charge in [-0.2, -0.15) is 0 Å². The predicted octanol–water partition coefficient (Wildman–Crippen LogP) is 4.31. The fourth-order valence-corrected chi connectivity index (χ4v) is 4.08. The first-order valence-corrected chi connectivity index (χ1v) is 12.1. The number of unbranched alkanes of at least 4 members (excludes halogenated alkanes) is 1. The van der Waals surface area contributed by atoms with Gasteiger partial charge < -0.3 is 10.1 Å². The second-order valence-electron chi connectivity index (χ2n) is 8.73. The minimum Gasteiger partial charge on any atom is -0.478 e. The molecule has 1 aliphatic heterocycles. The van der Waals surface area contributed by atoms with Crippen molar-refractivity contribution in [3.63, 3.8) is 0 Å². The molecule has 0 aliphatic carbocycles. The van der Waals surface area contributed by atoms with Crippen LogP contribution >= 0.6 is 0 Å². The molecule has 1 aliphatic rings. The Balaban J connectivity index is 1.52. The van der Waals surface area contributed by atoms with Crippen molar-refractivity contribution < 1.29 is 14.3 Å². The minimum absolute atomic E-state index is 0.0126. The summed E-state index contributed by atoms with van der Waals surface area (Å²) in [7, 11) is 0. The molecule has 3 rings (SSSR count). The smallest absolute Gasteiger partial charge is 0.268 e. The van der Waals surface area contributed by atoms with Crippen LogP contribution in [0.5, 0.6) is 5.75 Å². The van der Waals surface area contributed by atoms with E-state index in [9.17, 15) is 9.59 Å². The van der Waals surface area contributed by atoms with E-state index in [4.69, 9.17) is 4.74 Å². The van der Waals surface area contributed by atoms with Gasteiger partial charge in [0, 0.05) is 19.6 Å². The molecule has 0 spiro atoms. The van der Waals surface area contributed by atoms with E-state index in [-0.39, 0.29) is 18.4 Å². The summed E-state index contributed by atoms with van der Waals surface area (Å²) in [6.45, 7) is 9.59. The van der Waals surface area contributed by atoms with E-state index >= 15 is 0 Å². The molecule has 1 atom stereocenters. The van der Waals surface area contributed by atoms with Crippen LogP contribution in [0.2, 0.25) is 0 Å². The molecule has 1 N–H and O–H groups in total. The first kappa shape index (κ1) is 24.8. The molecule has 2 aromatic carbocycles. The van der Waals surface area contributed by atoms with Crippen LogP contribution in [0.1, 0.15) is 50.7 Å². The molecule has 178 valence electrons. The highest BCUT2D eigenvalue weighted by molar-refractivity contribution is 6.03. The zero-order chi connectivity index (χ0) is 23.6. The monoisotopic (exact) mass is 451 g/mol. The normalized spacial score (nSPS) is 15.3. The van der Waals surface area contributed by atoms with Gasteiger partial charge in [-0.05, 0) is 56.0 Å². The quantitative estimate of drug-likeness (QED) is 0.489. The largest absolute Gasteiger partial charge is 0.478 e.